The molecule has 4 rings (SSSR count). The van der Waals surface area contributed by atoms with Crippen LogP contribution < -0.4 is 0 Å². The second-order valence-corrected chi connectivity index (χ2v) is 10.0. The van der Waals surface area contributed by atoms with Crippen molar-refractivity contribution in [3.8, 4) is 0 Å². The highest BCUT2D eigenvalue weighted by molar-refractivity contribution is 5.68. The van der Waals surface area contributed by atoms with Gasteiger partial charge in [0.05, 0.1) is 24.1 Å². The second kappa shape index (κ2) is 8.83. The first-order chi connectivity index (χ1) is 15.1. The number of likely N-dealkylation sites (N-methyl/N-ethyl adjacent to an activating group) is 1. The van der Waals surface area contributed by atoms with Crippen molar-refractivity contribution in [2.24, 2.45) is 0 Å². The molecule has 3 heterocycles. The molecule has 0 bridgehead atoms. The summed E-state index contributed by atoms with van der Waals surface area (Å²) < 4.78 is 21.2. The second-order valence-electron chi connectivity index (χ2n) is 10.0. The molecule has 3 atom stereocenters. The van der Waals surface area contributed by atoms with Gasteiger partial charge in [-0.15, -0.1) is 0 Å². The maximum atomic E-state index is 13.4. The topological polar surface area (TPSA) is 53.8 Å². The Balaban J connectivity index is 1.54. The molecule has 2 unspecified atom stereocenters. The minimum Gasteiger partial charge on any atom is -0.444 e. The van der Waals surface area contributed by atoms with Crippen LogP contribution in [-0.4, -0.2) is 81.8 Å². The van der Waals surface area contributed by atoms with Gasteiger partial charge in [0.1, 0.15) is 11.4 Å². The number of piperazine rings is 2. The Labute approximate surface area is 189 Å². The third-order valence-electron chi connectivity index (χ3n) is 6.39. The van der Waals surface area contributed by atoms with Crippen molar-refractivity contribution in [3.63, 3.8) is 0 Å². The van der Waals surface area contributed by atoms with Gasteiger partial charge in [-0.2, -0.15) is 0 Å². The van der Waals surface area contributed by atoms with Crippen molar-refractivity contribution in [1.29, 1.82) is 0 Å². The number of ether oxygens (including phenoxy) is 1. The Bertz CT molecular complexity index is 939. The normalized spacial score (nSPS) is 23.6. The summed E-state index contributed by atoms with van der Waals surface area (Å²) in [4.78, 5) is 23.8. The van der Waals surface area contributed by atoms with Crippen LogP contribution in [0.2, 0.25) is 0 Å². The van der Waals surface area contributed by atoms with E-state index in [9.17, 15) is 9.18 Å². The third kappa shape index (κ3) is 4.81. The summed E-state index contributed by atoms with van der Waals surface area (Å²) in [6, 6.07) is 7.11. The van der Waals surface area contributed by atoms with Gasteiger partial charge in [-0.05, 0) is 52.4 Å². The predicted octanol–water partition coefficient (Wildman–Crippen LogP) is 3.54. The quantitative estimate of drug-likeness (QED) is 0.726. The van der Waals surface area contributed by atoms with Crippen LogP contribution in [0.1, 0.15) is 51.0 Å². The number of nitrogens with zero attached hydrogens (tertiary/aromatic N) is 5. The van der Waals surface area contributed by atoms with E-state index < -0.39 is 5.60 Å². The number of hydrogen-bond acceptors (Lipinski definition) is 5. The van der Waals surface area contributed by atoms with E-state index in [1.165, 1.54) is 12.1 Å². The summed E-state index contributed by atoms with van der Waals surface area (Å²) in [6.07, 6.45) is 3.57. The monoisotopic (exact) mass is 443 g/mol. The van der Waals surface area contributed by atoms with Crippen molar-refractivity contribution < 1.29 is 13.9 Å². The molecule has 1 aromatic heterocycles. The Morgan fingerprint density at radius 3 is 2.56 bits per heavy atom. The molecule has 0 saturated carbocycles. The number of carbonyl (C=O) groups excluding carboxylic acids is 1. The van der Waals surface area contributed by atoms with Crippen LogP contribution in [0, 0.1) is 5.82 Å². The first kappa shape index (κ1) is 22.7. The van der Waals surface area contributed by atoms with Crippen LogP contribution in [0.4, 0.5) is 9.18 Å². The van der Waals surface area contributed by atoms with Crippen LogP contribution in [-0.2, 0) is 4.74 Å². The number of carbonyl (C=O) groups is 1. The summed E-state index contributed by atoms with van der Waals surface area (Å²) in [6.45, 7) is 11.7. The van der Waals surface area contributed by atoms with Gasteiger partial charge in [0.2, 0.25) is 0 Å². The third-order valence-corrected chi connectivity index (χ3v) is 6.39. The maximum absolute atomic E-state index is 13.4. The van der Waals surface area contributed by atoms with E-state index in [0.717, 1.165) is 30.9 Å². The lowest BCUT2D eigenvalue weighted by Gasteiger charge is -2.50. The summed E-state index contributed by atoms with van der Waals surface area (Å²) in [5.41, 5.74) is 1.69. The van der Waals surface area contributed by atoms with Crippen LogP contribution in [0.5, 0.6) is 0 Å². The fourth-order valence-corrected chi connectivity index (χ4v) is 4.83. The summed E-state index contributed by atoms with van der Waals surface area (Å²) in [5.74, 6) is -0.230. The Kier molecular flexibility index (Phi) is 6.27. The lowest BCUT2D eigenvalue weighted by atomic mass is 10.00. The highest BCUT2D eigenvalue weighted by atomic mass is 19.1. The highest BCUT2D eigenvalue weighted by Gasteiger charge is 2.41. The van der Waals surface area contributed by atoms with Crippen LogP contribution in [0.25, 0.3) is 0 Å². The number of aromatic nitrogens is 2. The minimum atomic E-state index is -0.497. The SMILES string of the molecule is C[C@H](c1ccc(F)cc1)n1cncc1C1CN(C)CC2CN(C(=O)OC(C)(C)C)CCN21. The average Bonchev–Trinajstić information content (AvgIpc) is 3.21. The molecule has 174 valence electrons. The molecular formula is C24H34FN5O2. The van der Waals surface area contributed by atoms with E-state index in [1.807, 2.05) is 50.3 Å². The fraction of sp³-hybridized carbons (Fsp3) is 0.583. The number of benzene rings is 1. The molecule has 0 spiro atoms. The fourth-order valence-electron chi connectivity index (χ4n) is 4.83. The zero-order valence-corrected chi connectivity index (χ0v) is 19.7. The standard InChI is InChI=1S/C24H34FN5O2/c1-17(18-6-8-19(25)9-7-18)30-16-26-12-21(30)22-15-27(5)13-20-14-28(10-11-29(20)22)23(31)32-24(2,3)4/h6-9,12,16-17,20,22H,10-11,13-15H2,1-5H3/t17-,20?,22?/m1/s1. The smallest absolute Gasteiger partial charge is 0.410 e. The number of fused-ring (bicyclic) bond motifs is 1. The first-order valence-electron chi connectivity index (χ1n) is 11.3. The van der Waals surface area contributed by atoms with Crippen molar-refractivity contribution in [2.75, 3.05) is 39.8 Å². The van der Waals surface area contributed by atoms with Gasteiger partial charge >= 0.3 is 6.09 Å². The molecule has 1 aromatic carbocycles. The lowest BCUT2D eigenvalue weighted by Crippen LogP contribution is -2.63. The average molecular weight is 444 g/mol. The van der Waals surface area contributed by atoms with Crippen molar-refractivity contribution in [1.82, 2.24) is 24.3 Å². The van der Waals surface area contributed by atoms with E-state index in [0.29, 0.717) is 13.1 Å². The van der Waals surface area contributed by atoms with E-state index in [4.69, 9.17) is 4.74 Å². The van der Waals surface area contributed by atoms with Gasteiger partial charge in [-0.3, -0.25) is 4.90 Å². The number of rotatable bonds is 3. The summed E-state index contributed by atoms with van der Waals surface area (Å²) >= 11 is 0. The summed E-state index contributed by atoms with van der Waals surface area (Å²) in [5, 5.41) is 0. The van der Waals surface area contributed by atoms with Crippen molar-refractivity contribution in [3.05, 3.63) is 53.9 Å². The van der Waals surface area contributed by atoms with Crippen LogP contribution >= 0.6 is 0 Å². The minimum absolute atomic E-state index is 0.0434. The van der Waals surface area contributed by atoms with Gasteiger partial charge in [-0.25, -0.2) is 14.2 Å². The van der Waals surface area contributed by atoms with E-state index >= 15 is 0 Å². The van der Waals surface area contributed by atoms with Crippen LogP contribution in [0.3, 0.4) is 0 Å². The molecule has 2 fully saturated rings. The predicted molar refractivity (Wildman–Crippen MR) is 121 cm³/mol. The number of amides is 1. The zero-order valence-electron chi connectivity index (χ0n) is 19.7. The van der Waals surface area contributed by atoms with Gasteiger partial charge in [0, 0.05) is 45.0 Å². The molecule has 7 nitrogen and oxygen atoms in total. The van der Waals surface area contributed by atoms with Gasteiger partial charge in [-0.1, -0.05) is 12.1 Å². The van der Waals surface area contributed by atoms with E-state index in [-0.39, 0.29) is 30.0 Å². The number of imidazole rings is 1. The maximum Gasteiger partial charge on any atom is 0.410 e. The Morgan fingerprint density at radius 1 is 1.16 bits per heavy atom. The van der Waals surface area contributed by atoms with Gasteiger partial charge in [0.15, 0.2) is 0 Å². The van der Waals surface area contributed by atoms with Gasteiger partial charge in [0.25, 0.3) is 0 Å². The zero-order chi connectivity index (χ0) is 23.0. The molecule has 2 aliphatic heterocycles. The molecule has 0 aliphatic carbocycles. The molecule has 8 heteroatoms. The molecule has 0 N–H and O–H groups in total. The number of hydrogen-bond donors (Lipinski definition) is 0. The summed E-state index contributed by atoms with van der Waals surface area (Å²) in [7, 11) is 2.13. The molecule has 2 saturated heterocycles. The highest BCUT2D eigenvalue weighted by Crippen LogP contribution is 2.33. The molecule has 2 aromatic rings. The molecule has 0 radical (unpaired) electrons. The van der Waals surface area contributed by atoms with Crippen LogP contribution in [0.15, 0.2) is 36.8 Å². The molecule has 2 aliphatic rings. The molecule has 32 heavy (non-hydrogen) atoms. The molecular weight excluding hydrogens is 409 g/mol. The van der Waals surface area contributed by atoms with E-state index in [1.54, 1.807) is 0 Å². The molecule has 1 amide bonds. The lowest BCUT2D eigenvalue weighted by molar-refractivity contribution is -0.0349. The van der Waals surface area contributed by atoms with Crippen molar-refractivity contribution >= 4 is 6.09 Å². The van der Waals surface area contributed by atoms with Gasteiger partial charge < -0.3 is 19.1 Å². The first-order valence-corrected chi connectivity index (χ1v) is 11.3. The van der Waals surface area contributed by atoms with E-state index in [2.05, 4.69) is 33.3 Å². The largest absolute Gasteiger partial charge is 0.444 e. The number of halogens is 1. The Morgan fingerprint density at radius 2 is 1.88 bits per heavy atom. The Hall–Kier alpha value is -2.45. The van der Waals surface area contributed by atoms with Crippen molar-refractivity contribution in [2.45, 2.75) is 51.4 Å².